The van der Waals surface area contributed by atoms with Gasteiger partial charge in [-0.2, -0.15) is 0 Å². The highest BCUT2D eigenvalue weighted by molar-refractivity contribution is 8.14. The fourth-order valence-electron chi connectivity index (χ4n) is 3.37. The van der Waals surface area contributed by atoms with Gasteiger partial charge in [0.2, 0.25) is 0 Å². The molecule has 4 nitrogen and oxygen atoms in total. The Kier molecular flexibility index (Phi) is 6.72. The summed E-state index contributed by atoms with van der Waals surface area (Å²) in [6, 6.07) is 4.49. The van der Waals surface area contributed by atoms with Crippen LogP contribution in [0.3, 0.4) is 0 Å². The Bertz CT molecular complexity index is 800. The minimum Gasteiger partial charge on any atom is -0.489 e. The maximum absolute atomic E-state index is 14.5. The fourth-order valence-corrected chi connectivity index (χ4v) is 4.25. The number of alkyl halides is 1. The molecule has 0 saturated carbocycles. The van der Waals surface area contributed by atoms with Crippen molar-refractivity contribution in [1.82, 2.24) is 4.90 Å². The standard InChI is InChI=1S/C20H23F3N2O2S/c1-12-2-4-15(21)6-14(12)11-27-17-5-3-13(18(23)8-17)9-25-10-16(22)7-19(25)28-20(24)26/h3-6,8,12,16,19H,2,7,9-11H2,1H3,(H2,24,26)/t12?,16-,19?/m1/s1. The molecular formula is C20H23F3N2O2S. The second-order valence-corrected chi connectivity index (χ2v) is 8.32. The molecule has 2 aliphatic rings. The number of nitrogens with two attached hydrogens (primary N) is 1. The van der Waals surface area contributed by atoms with Crippen LogP contribution in [0.4, 0.5) is 18.0 Å². The van der Waals surface area contributed by atoms with Gasteiger partial charge in [-0.15, -0.1) is 0 Å². The van der Waals surface area contributed by atoms with Crippen molar-refractivity contribution in [1.29, 1.82) is 0 Å². The molecule has 1 fully saturated rings. The monoisotopic (exact) mass is 412 g/mol. The van der Waals surface area contributed by atoms with Crippen molar-refractivity contribution in [3.8, 4) is 5.75 Å². The van der Waals surface area contributed by atoms with Crippen molar-refractivity contribution in [3.05, 3.63) is 53.1 Å². The van der Waals surface area contributed by atoms with Gasteiger partial charge in [-0.3, -0.25) is 9.69 Å². The zero-order valence-electron chi connectivity index (χ0n) is 15.5. The lowest BCUT2D eigenvalue weighted by Gasteiger charge is -2.23. The van der Waals surface area contributed by atoms with Crippen LogP contribution in [0.25, 0.3) is 0 Å². The molecule has 3 atom stereocenters. The lowest BCUT2D eigenvalue weighted by Crippen LogP contribution is -2.29. The zero-order chi connectivity index (χ0) is 20.3. The summed E-state index contributed by atoms with van der Waals surface area (Å²) in [5.41, 5.74) is 6.40. The molecular weight excluding hydrogens is 389 g/mol. The molecule has 28 heavy (non-hydrogen) atoms. The number of amides is 1. The van der Waals surface area contributed by atoms with E-state index >= 15 is 0 Å². The summed E-state index contributed by atoms with van der Waals surface area (Å²) in [6.07, 6.45) is 2.73. The summed E-state index contributed by atoms with van der Waals surface area (Å²) >= 11 is 0.863. The third-order valence-corrected chi connectivity index (χ3v) is 5.97. The normalized spacial score (nSPS) is 25.4. The van der Waals surface area contributed by atoms with Gasteiger partial charge in [0.1, 0.15) is 30.2 Å². The van der Waals surface area contributed by atoms with Crippen LogP contribution in [0, 0.1) is 11.7 Å². The number of likely N-dealkylation sites (tertiary alicyclic amines) is 1. The molecule has 0 bridgehead atoms. The lowest BCUT2D eigenvalue weighted by molar-refractivity contribution is 0.262. The Hall–Kier alpha value is -1.93. The Balaban J connectivity index is 1.62. The summed E-state index contributed by atoms with van der Waals surface area (Å²) in [6.45, 7) is 2.48. The summed E-state index contributed by atoms with van der Waals surface area (Å²) in [5, 5.41) is -0.976. The van der Waals surface area contributed by atoms with E-state index in [0.29, 0.717) is 17.7 Å². The van der Waals surface area contributed by atoms with Crippen LogP contribution in [-0.4, -0.2) is 34.8 Å². The van der Waals surface area contributed by atoms with E-state index in [-0.39, 0.29) is 37.9 Å². The highest BCUT2D eigenvalue weighted by Gasteiger charge is 2.34. The molecule has 1 heterocycles. The zero-order valence-corrected chi connectivity index (χ0v) is 16.4. The Morgan fingerprint density at radius 1 is 1.39 bits per heavy atom. The molecule has 3 rings (SSSR count). The predicted molar refractivity (Wildman–Crippen MR) is 104 cm³/mol. The molecule has 0 spiro atoms. The summed E-state index contributed by atoms with van der Waals surface area (Å²) < 4.78 is 47.2. The number of ether oxygens (including phenoxy) is 1. The van der Waals surface area contributed by atoms with Gasteiger partial charge in [-0.05, 0) is 47.9 Å². The van der Waals surface area contributed by atoms with Crippen LogP contribution < -0.4 is 10.5 Å². The Labute approximate surface area is 166 Å². The molecule has 1 aliphatic carbocycles. The molecule has 1 aromatic carbocycles. The number of hydrogen-bond donors (Lipinski definition) is 1. The first kappa shape index (κ1) is 20.8. The first-order valence-electron chi connectivity index (χ1n) is 9.13. The number of allylic oxidation sites excluding steroid dienone is 3. The number of carbonyl (C=O) groups is 1. The quantitative estimate of drug-likeness (QED) is 0.736. The first-order chi connectivity index (χ1) is 13.3. The van der Waals surface area contributed by atoms with E-state index < -0.39 is 22.6 Å². The summed E-state index contributed by atoms with van der Waals surface area (Å²) in [5.74, 6) is -0.234. The van der Waals surface area contributed by atoms with Gasteiger partial charge in [-0.1, -0.05) is 13.0 Å². The van der Waals surface area contributed by atoms with Crippen LogP contribution >= 0.6 is 11.8 Å². The number of primary amides is 1. The molecule has 2 N–H and O–H groups in total. The Morgan fingerprint density at radius 3 is 2.89 bits per heavy atom. The maximum Gasteiger partial charge on any atom is 0.278 e. The topological polar surface area (TPSA) is 55.6 Å². The minimum absolute atomic E-state index is 0.133. The third-order valence-electron chi connectivity index (χ3n) is 4.98. The van der Waals surface area contributed by atoms with Crippen molar-refractivity contribution >= 4 is 17.0 Å². The van der Waals surface area contributed by atoms with Gasteiger partial charge in [0.05, 0.1) is 5.37 Å². The third kappa shape index (κ3) is 5.32. The van der Waals surface area contributed by atoms with Crippen LogP contribution in [0.1, 0.15) is 25.3 Å². The van der Waals surface area contributed by atoms with E-state index in [0.717, 1.165) is 17.3 Å². The number of halogens is 3. The van der Waals surface area contributed by atoms with Crippen LogP contribution in [0.15, 0.2) is 41.8 Å². The van der Waals surface area contributed by atoms with Crippen LogP contribution in [-0.2, 0) is 6.54 Å². The average molecular weight is 412 g/mol. The van der Waals surface area contributed by atoms with Gasteiger partial charge >= 0.3 is 0 Å². The van der Waals surface area contributed by atoms with Crippen LogP contribution in [0.2, 0.25) is 0 Å². The predicted octanol–water partition coefficient (Wildman–Crippen LogP) is 4.71. The van der Waals surface area contributed by atoms with E-state index in [9.17, 15) is 18.0 Å². The van der Waals surface area contributed by atoms with Crippen molar-refractivity contribution in [2.45, 2.75) is 37.9 Å². The van der Waals surface area contributed by atoms with Crippen molar-refractivity contribution in [3.63, 3.8) is 0 Å². The van der Waals surface area contributed by atoms with Crippen molar-refractivity contribution in [2.24, 2.45) is 11.7 Å². The number of benzene rings is 1. The molecule has 8 heteroatoms. The number of nitrogens with zero attached hydrogens (tertiary/aromatic N) is 1. The van der Waals surface area contributed by atoms with Gasteiger partial charge in [0, 0.05) is 31.1 Å². The minimum atomic E-state index is -1.07. The van der Waals surface area contributed by atoms with E-state index in [1.54, 1.807) is 17.0 Å². The highest BCUT2D eigenvalue weighted by atomic mass is 32.2. The van der Waals surface area contributed by atoms with Gasteiger partial charge in [-0.25, -0.2) is 13.2 Å². The Morgan fingerprint density at radius 2 is 2.18 bits per heavy atom. The largest absolute Gasteiger partial charge is 0.489 e. The van der Waals surface area contributed by atoms with Crippen molar-refractivity contribution in [2.75, 3.05) is 13.2 Å². The summed E-state index contributed by atoms with van der Waals surface area (Å²) in [7, 11) is 0. The molecule has 1 aromatic rings. The molecule has 1 aliphatic heterocycles. The van der Waals surface area contributed by atoms with Gasteiger partial charge in [0.25, 0.3) is 5.24 Å². The number of carbonyl (C=O) groups excluding carboxylic acids is 1. The average Bonchev–Trinajstić information content (AvgIpc) is 2.96. The number of hydrogen-bond acceptors (Lipinski definition) is 4. The molecule has 1 saturated heterocycles. The number of rotatable bonds is 6. The molecule has 2 unspecified atom stereocenters. The molecule has 0 aromatic heterocycles. The number of thioether (sulfide) groups is 1. The van der Waals surface area contributed by atoms with Gasteiger partial charge < -0.3 is 10.5 Å². The first-order valence-corrected chi connectivity index (χ1v) is 10.0. The van der Waals surface area contributed by atoms with Crippen LogP contribution in [0.5, 0.6) is 5.75 Å². The van der Waals surface area contributed by atoms with E-state index in [4.69, 9.17) is 10.5 Å². The fraction of sp³-hybridized carbons (Fsp3) is 0.450. The van der Waals surface area contributed by atoms with E-state index in [2.05, 4.69) is 0 Å². The lowest BCUT2D eigenvalue weighted by atomic mass is 9.93. The molecule has 1 amide bonds. The molecule has 0 radical (unpaired) electrons. The molecule has 152 valence electrons. The van der Waals surface area contributed by atoms with E-state index in [1.165, 1.54) is 18.2 Å². The maximum atomic E-state index is 14.5. The van der Waals surface area contributed by atoms with E-state index in [1.807, 2.05) is 6.92 Å². The highest BCUT2D eigenvalue weighted by Crippen LogP contribution is 2.31. The van der Waals surface area contributed by atoms with Crippen molar-refractivity contribution < 1.29 is 22.7 Å². The second kappa shape index (κ2) is 9.05. The second-order valence-electron chi connectivity index (χ2n) is 7.14. The van der Waals surface area contributed by atoms with Gasteiger partial charge in [0.15, 0.2) is 0 Å². The smallest absolute Gasteiger partial charge is 0.278 e. The SMILES string of the molecule is CC1CC=C(F)C=C1COc1ccc(CN2C[C@H](F)CC2SC(N)=O)c(F)c1. The summed E-state index contributed by atoms with van der Waals surface area (Å²) in [4.78, 5) is 12.8.